The molecule has 1 fully saturated rings. The van der Waals surface area contributed by atoms with Gasteiger partial charge in [-0.3, -0.25) is 4.79 Å². The van der Waals surface area contributed by atoms with Gasteiger partial charge in [-0.1, -0.05) is 12.1 Å². The molecule has 1 aliphatic rings. The maximum Gasteiger partial charge on any atom is 0.223 e. The molecule has 1 saturated heterocycles. The number of carbonyl (C=O) groups excluding carboxylic acids is 1. The van der Waals surface area contributed by atoms with E-state index in [9.17, 15) is 14.3 Å². The van der Waals surface area contributed by atoms with Gasteiger partial charge in [-0.25, -0.2) is 4.39 Å². The van der Waals surface area contributed by atoms with Gasteiger partial charge in [0.1, 0.15) is 5.82 Å². The van der Waals surface area contributed by atoms with Gasteiger partial charge in [0, 0.05) is 12.5 Å². The van der Waals surface area contributed by atoms with Crippen molar-refractivity contribution in [2.24, 2.45) is 5.92 Å². The molecule has 0 aliphatic carbocycles. The highest BCUT2D eigenvalue weighted by Crippen LogP contribution is 2.25. The predicted octanol–water partition coefficient (Wildman–Crippen LogP) is 2.18. The van der Waals surface area contributed by atoms with Gasteiger partial charge in [0.2, 0.25) is 5.91 Å². The summed E-state index contributed by atoms with van der Waals surface area (Å²) in [6, 6.07) is 5.62. The fourth-order valence-corrected chi connectivity index (χ4v) is 2.76. The molecule has 5 heteroatoms. The smallest absolute Gasteiger partial charge is 0.223 e. The molecule has 0 spiro atoms. The van der Waals surface area contributed by atoms with Crippen molar-refractivity contribution in [2.45, 2.75) is 45.0 Å². The second-order valence-corrected chi connectivity index (χ2v) is 5.74. The fraction of sp³-hybridized carbons (Fsp3) is 0.562. The standard InChI is InChI=1S/C16H22FNO3/c1-10-7-13(8-11(2)21-10)16(20)18-9-15(19)12-3-5-14(17)6-4-12/h3-6,10-11,13,15,19H,7-9H2,1-2H3,(H,18,20). The Kier molecular flexibility index (Phi) is 5.31. The van der Waals surface area contributed by atoms with Crippen molar-refractivity contribution >= 4 is 5.91 Å². The summed E-state index contributed by atoms with van der Waals surface area (Å²) in [4.78, 5) is 12.1. The molecule has 1 aromatic carbocycles. The number of hydrogen-bond donors (Lipinski definition) is 2. The molecule has 4 nitrogen and oxygen atoms in total. The summed E-state index contributed by atoms with van der Waals surface area (Å²) >= 11 is 0. The van der Waals surface area contributed by atoms with Gasteiger partial charge in [0.15, 0.2) is 0 Å². The lowest BCUT2D eigenvalue weighted by molar-refractivity contribution is -0.133. The second kappa shape index (κ2) is 7.00. The number of aliphatic hydroxyl groups is 1. The Balaban J connectivity index is 1.84. The Morgan fingerprint density at radius 2 is 1.90 bits per heavy atom. The van der Waals surface area contributed by atoms with Crippen molar-refractivity contribution in [2.75, 3.05) is 6.54 Å². The van der Waals surface area contributed by atoms with Crippen molar-refractivity contribution in [1.82, 2.24) is 5.32 Å². The molecule has 0 bridgehead atoms. The van der Waals surface area contributed by atoms with Crippen molar-refractivity contribution in [3.63, 3.8) is 0 Å². The van der Waals surface area contributed by atoms with E-state index in [1.54, 1.807) is 0 Å². The van der Waals surface area contributed by atoms with Gasteiger partial charge < -0.3 is 15.2 Å². The number of halogens is 1. The lowest BCUT2D eigenvalue weighted by Crippen LogP contribution is -2.40. The number of benzene rings is 1. The van der Waals surface area contributed by atoms with Crippen molar-refractivity contribution in [3.05, 3.63) is 35.6 Å². The van der Waals surface area contributed by atoms with Gasteiger partial charge in [0.25, 0.3) is 0 Å². The van der Waals surface area contributed by atoms with Crippen LogP contribution in [-0.2, 0) is 9.53 Å². The summed E-state index contributed by atoms with van der Waals surface area (Å²) in [6.07, 6.45) is 0.716. The number of carbonyl (C=O) groups is 1. The molecule has 3 atom stereocenters. The molecular weight excluding hydrogens is 273 g/mol. The number of ether oxygens (including phenoxy) is 1. The van der Waals surface area contributed by atoms with E-state index in [1.165, 1.54) is 24.3 Å². The van der Waals surface area contributed by atoms with E-state index < -0.39 is 6.10 Å². The minimum Gasteiger partial charge on any atom is -0.387 e. The molecule has 2 N–H and O–H groups in total. The van der Waals surface area contributed by atoms with Crippen LogP contribution in [0.3, 0.4) is 0 Å². The van der Waals surface area contributed by atoms with E-state index in [4.69, 9.17) is 4.74 Å². The minimum absolute atomic E-state index is 0.0573. The Morgan fingerprint density at radius 1 is 1.33 bits per heavy atom. The zero-order valence-electron chi connectivity index (χ0n) is 12.4. The first-order chi connectivity index (χ1) is 9.95. The van der Waals surface area contributed by atoms with Gasteiger partial charge in [0.05, 0.1) is 18.3 Å². The van der Waals surface area contributed by atoms with Crippen molar-refractivity contribution < 1.29 is 19.0 Å². The Bertz CT molecular complexity index is 467. The summed E-state index contributed by atoms with van der Waals surface area (Å²) < 4.78 is 18.4. The van der Waals surface area contributed by atoms with Crippen LogP contribution in [0.2, 0.25) is 0 Å². The van der Waals surface area contributed by atoms with Crippen LogP contribution in [0.4, 0.5) is 4.39 Å². The fourth-order valence-electron chi connectivity index (χ4n) is 2.76. The first kappa shape index (κ1) is 15.9. The molecule has 1 heterocycles. The van der Waals surface area contributed by atoms with Crippen LogP contribution in [-0.4, -0.2) is 29.8 Å². The van der Waals surface area contributed by atoms with Crippen LogP contribution in [0, 0.1) is 11.7 Å². The van der Waals surface area contributed by atoms with Gasteiger partial charge in [-0.2, -0.15) is 0 Å². The van der Waals surface area contributed by atoms with Crippen LogP contribution in [0.1, 0.15) is 38.4 Å². The largest absolute Gasteiger partial charge is 0.387 e. The molecule has 1 aromatic rings. The Morgan fingerprint density at radius 3 is 2.48 bits per heavy atom. The lowest BCUT2D eigenvalue weighted by atomic mass is 9.92. The van der Waals surface area contributed by atoms with Crippen LogP contribution in [0.5, 0.6) is 0 Å². The highest BCUT2D eigenvalue weighted by atomic mass is 19.1. The third kappa shape index (κ3) is 4.51. The molecule has 0 saturated carbocycles. The molecule has 21 heavy (non-hydrogen) atoms. The summed E-state index contributed by atoms with van der Waals surface area (Å²) in [7, 11) is 0. The topological polar surface area (TPSA) is 58.6 Å². The molecule has 1 aliphatic heterocycles. The van der Waals surface area contributed by atoms with E-state index in [2.05, 4.69) is 5.32 Å². The molecular formula is C16H22FNO3. The second-order valence-electron chi connectivity index (χ2n) is 5.74. The van der Waals surface area contributed by atoms with Gasteiger partial charge in [-0.05, 0) is 44.4 Å². The third-order valence-corrected chi connectivity index (χ3v) is 3.79. The SMILES string of the molecule is CC1CC(C(=O)NCC(O)c2ccc(F)cc2)CC(C)O1. The number of rotatable bonds is 4. The third-order valence-electron chi connectivity index (χ3n) is 3.79. The van der Waals surface area contributed by atoms with Gasteiger partial charge >= 0.3 is 0 Å². The lowest BCUT2D eigenvalue weighted by Gasteiger charge is -2.31. The summed E-state index contributed by atoms with van der Waals surface area (Å²) in [6.45, 7) is 4.05. The zero-order chi connectivity index (χ0) is 15.4. The highest BCUT2D eigenvalue weighted by Gasteiger charge is 2.29. The monoisotopic (exact) mass is 295 g/mol. The van der Waals surface area contributed by atoms with Crippen molar-refractivity contribution in [1.29, 1.82) is 0 Å². The van der Waals surface area contributed by atoms with E-state index in [0.29, 0.717) is 18.4 Å². The molecule has 2 rings (SSSR count). The maximum atomic E-state index is 12.8. The van der Waals surface area contributed by atoms with E-state index >= 15 is 0 Å². The quantitative estimate of drug-likeness (QED) is 0.895. The Hall–Kier alpha value is -1.46. The number of nitrogens with one attached hydrogen (secondary N) is 1. The molecule has 0 aromatic heterocycles. The van der Waals surface area contributed by atoms with Gasteiger partial charge in [-0.15, -0.1) is 0 Å². The van der Waals surface area contributed by atoms with Crippen LogP contribution in [0.25, 0.3) is 0 Å². The van der Waals surface area contributed by atoms with E-state index in [-0.39, 0.29) is 36.4 Å². The Labute approximate surface area is 124 Å². The number of aliphatic hydroxyl groups excluding tert-OH is 1. The van der Waals surface area contributed by atoms with Crippen molar-refractivity contribution in [3.8, 4) is 0 Å². The van der Waals surface area contributed by atoms with E-state index in [1.807, 2.05) is 13.8 Å². The maximum absolute atomic E-state index is 12.8. The van der Waals surface area contributed by atoms with Crippen LogP contribution in [0.15, 0.2) is 24.3 Å². The number of amides is 1. The first-order valence-corrected chi connectivity index (χ1v) is 7.32. The normalized spacial score (nSPS) is 27.1. The zero-order valence-corrected chi connectivity index (χ0v) is 12.4. The van der Waals surface area contributed by atoms with E-state index in [0.717, 1.165) is 0 Å². The number of hydrogen-bond acceptors (Lipinski definition) is 3. The molecule has 0 radical (unpaired) electrons. The minimum atomic E-state index is -0.829. The average Bonchev–Trinajstić information content (AvgIpc) is 2.44. The first-order valence-electron chi connectivity index (χ1n) is 7.32. The van der Waals surface area contributed by atoms with Crippen LogP contribution < -0.4 is 5.32 Å². The average molecular weight is 295 g/mol. The molecule has 1 amide bonds. The predicted molar refractivity (Wildman–Crippen MR) is 77.1 cm³/mol. The summed E-state index contributed by atoms with van der Waals surface area (Å²) in [5.74, 6) is -0.484. The highest BCUT2D eigenvalue weighted by molar-refractivity contribution is 5.78. The molecule has 116 valence electrons. The van der Waals surface area contributed by atoms with Crippen LogP contribution >= 0.6 is 0 Å². The molecule has 3 unspecified atom stereocenters. The summed E-state index contributed by atoms with van der Waals surface area (Å²) in [5, 5.41) is 12.8. The summed E-state index contributed by atoms with van der Waals surface area (Å²) in [5.41, 5.74) is 0.588.